The maximum atomic E-state index is 10.2. The molecule has 0 saturated heterocycles. The number of carbonyl (C=O) groups is 1. The van der Waals surface area contributed by atoms with Crippen LogP contribution in [0.3, 0.4) is 0 Å². The van der Waals surface area contributed by atoms with Crippen molar-refractivity contribution in [2.45, 2.75) is 6.04 Å². The Labute approximate surface area is 56.9 Å². The van der Waals surface area contributed by atoms with Gasteiger partial charge in [-0.3, -0.25) is 4.79 Å². The van der Waals surface area contributed by atoms with Gasteiger partial charge in [0.25, 0.3) is 0 Å². The van der Waals surface area contributed by atoms with E-state index in [0.717, 1.165) is 0 Å². The van der Waals surface area contributed by atoms with E-state index in [0.29, 0.717) is 5.69 Å². The highest BCUT2D eigenvalue weighted by Gasteiger charge is 2.14. The molecule has 1 aromatic heterocycles. The van der Waals surface area contributed by atoms with Crippen molar-refractivity contribution in [3.8, 4) is 0 Å². The molecule has 54 valence electrons. The smallest absolute Gasteiger partial charge is 0.326 e. The molecule has 10 heavy (non-hydrogen) atoms. The van der Waals surface area contributed by atoms with Crippen LogP contribution in [0, 0.1) is 0 Å². The summed E-state index contributed by atoms with van der Waals surface area (Å²) in [7, 11) is 0. The first-order valence-electron chi connectivity index (χ1n) is 2.69. The van der Waals surface area contributed by atoms with Crippen LogP contribution >= 0.6 is 0 Å². The number of imidazole rings is 1. The zero-order valence-corrected chi connectivity index (χ0v) is 5.11. The van der Waals surface area contributed by atoms with E-state index >= 15 is 0 Å². The summed E-state index contributed by atoms with van der Waals surface area (Å²) in [5, 5.41) is 8.37. The van der Waals surface area contributed by atoms with Gasteiger partial charge in [0.1, 0.15) is 6.04 Å². The molecule has 0 radical (unpaired) electrons. The van der Waals surface area contributed by atoms with Gasteiger partial charge in [-0.15, -0.1) is 0 Å². The highest BCUT2D eigenvalue weighted by atomic mass is 16.4. The number of carboxylic acid groups (broad SMARTS) is 1. The number of aliphatic carboxylic acids is 1. The number of nitrogens with two attached hydrogens (primary N) is 1. The molecule has 0 aliphatic carbocycles. The molecule has 1 atom stereocenters. The summed E-state index contributed by atoms with van der Waals surface area (Å²) in [5.41, 5.74) is 5.54. The van der Waals surface area contributed by atoms with E-state index in [1.54, 1.807) is 0 Å². The summed E-state index contributed by atoms with van der Waals surface area (Å²) < 4.78 is 0. The van der Waals surface area contributed by atoms with E-state index in [2.05, 4.69) is 9.97 Å². The van der Waals surface area contributed by atoms with Crippen LogP contribution in [-0.4, -0.2) is 21.0 Å². The number of aromatic nitrogens is 2. The van der Waals surface area contributed by atoms with Crippen LogP contribution in [0.15, 0.2) is 12.5 Å². The van der Waals surface area contributed by atoms with Gasteiger partial charge in [-0.25, -0.2) is 4.98 Å². The second-order valence-electron chi connectivity index (χ2n) is 1.81. The minimum atomic E-state index is -1.08. The third kappa shape index (κ3) is 1.14. The van der Waals surface area contributed by atoms with Crippen molar-refractivity contribution in [2.24, 2.45) is 5.73 Å². The van der Waals surface area contributed by atoms with Gasteiger partial charge in [-0.2, -0.15) is 0 Å². The van der Waals surface area contributed by atoms with Gasteiger partial charge in [0.2, 0.25) is 0 Å². The molecular weight excluding hydrogens is 134 g/mol. The van der Waals surface area contributed by atoms with Gasteiger partial charge in [0.05, 0.1) is 12.0 Å². The lowest BCUT2D eigenvalue weighted by molar-refractivity contribution is -0.138. The summed E-state index contributed by atoms with van der Waals surface area (Å²) in [6.07, 6.45) is 2.84. The van der Waals surface area contributed by atoms with Crippen LogP contribution in [0.4, 0.5) is 0 Å². The number of aromatic amines is 1. The molecular formula is C5H7N3O2. The third-order valence-electron chi connectivity index (χ3n) is 1.10. The minimum absolute atomic E-state index is 0.340. The Bertz CT molecular complexity index is 219. The Balaban J connectivity index is 2.77. The first kappa shape index (κ1) is 6.76. The van der Waals surface area contributed by atoms with Crippen LogP contribution in [0.5, 0.6) is 0 Å². The molecule has 4 N–H and O–H groups in total. The van der Waals surface area contributed by atoms with Gasteiger partial charge in [-0.1, -0.05) is 0 Å². The van der Waals surface area contributed by atoms with E-state index in [1.807, 2.05) is 0 Å². The number of rotatable bonds is 2. The van der Waals surface area contributed by atoms with E-state index in [1.165, 1.54) is 12.5 Å². The molecule has 0 saturated carbocycles. The van der Waals surface area contributed by atoms with Crippen LogP contribution in [0.2, 0.25) is 0 Å². The van der Waals surface area contributed by atoms with E-state index in [-0.39, 0.29) is 0 Å². The highest BCUT2D eigenvalue weighted by Crippen LogP contribution is 2.03. The fraction of sp³-hybridized carbons (Fsp3) is 0.200. The lowest BCUT2D eigenvalue weighted by Crippen LogP contribution is -2.20. The van der Waals surface area contributed by atoms with Crippen molar-refractivity contribution >= 4 is 5.97 Å². The normalized spacial score (nSPS) is 12.9. The number of hydrogen-bond donors (Lipinski definition) is 3. The van der Waals surface area contributed by atoms with Gasteiger partial charge in [0.15, 0.2) is 0 Å². The molecule has 0 aromatic carbocycles. The molecule has 1 aromatic rings. The van der Waals surface area contributed by atoms with Crippen molar-refractivity contribution in [1.82, 2.24) is 9.97 Å². The maximum absolute atomic E-state index is 10.2. The van der Waals surface area contributed by atoms with Gasteiger partial charge >= 0.3 is 5.97 Å². The summed E-state index contributed by atoms with van der Waals surface area (Å²) >= 11 is 0. The second kappa shape index (κ2) is 2.49. The molecule has 1 rings (SSSR count). The summed E-state index contributed by atoms with van der Waals surface area (Å²) in [4.78, 5) is 16.5. The molecule has 1 heterocycles. The third-order valence-corrected chi connectivity index (χ3v) is 1.10. The molecule has 0 bridgehead atoms. The van der Waals surface area contributed by atoms with E-state index in [4.69, 9.17) is 10.8 Å². The zero-order valence-electron chi connectivity index (χ0n) is 5.11. The van der Waals surface area contributed by atoms with Crippen LogP contribution in [-0.2, 0) is 4.79 Å². The average molecular weight is 141 g/mol. The number of nitrogens with zero attached hydrogens (tertiary/aromatic N) is 1. The summed E-state index contributed by atoms with van der Waals surface area (Å²) in [5.74, 6) is -1.08. The highest BCUT2D eigenvalue weighted by molar-refractivity contribution is 5.74. The molecule has 0 aliphatic rings. The predicted molar refractivity (Wildman–Crippen MR) is 33.2 cm³/mol. The number of carboxylic acids is 1. The predicted octanol–water partition coefficient (Wildman–Crippen LogP) is -0.506. The van der Waals surface area contributed by atoms with Gasteiger partial charge in [0, 0.05) is 6.20 Å². The molecule has 5 nitrogen and oxygen atoms in total. The molecule has 0 amide bonds. The van der Waals surface area contributed by atoms with Crippen molar-refractivity contribution in [1.29, 1.82) is 0 Å². The molecule has 0 unspecified atom stereocenters. The number of hydrogen-bond acceptors (Lipinski definition) is 3. The van der Waals surface area contributed by atoms with Crippen LogP contribution in [0.1, 0.15) is 11.7 Å². The fourth-order valence-corrected chi connectivity index (χ4v) is 0.568. The Morgan fingerprint density at radius 1 is 1.90 bits per heavy atom. The Hall–Kier alpha value is -1.36. The standard InChI is InChI=1S/C5H7N3O2/c6-4(5(9)10)3-1-7-2-8-3/h1-2,4H,6H2,(H,7,8)(H,9,10)/t4-/m0/s1. The minimum Gasteiger partial charge on any atom is -0.480 e. The Morgan fingerprint density at radius 2 is 2.60 bits per heavy atom. The van der Waals surface area contributed by atoms with Crippen molar-refractivity contribution in [3.05, 3.63) is 18.2 Å². The van der Waals surface area contributed by atoms with Crippen LogP contribution in [0.25, 0.3) is 0 Å². The number of nitrogens with one attached hydrogen (secondary N) is 1. The van der Waals surface area contributed by atoms with Gasteiger partial charge < -0.3 is 15.8 Å². The lowest BCUT2D eigenvalue weighted by Gasteiger charge is -1.98. The van der Waals surface area contributed by atoms with Crippen molar-refractivity contribution < 1.29 is 9.90 Å². The van der Waals surface area contributed by atoms with Crippen LogP contribution < -0.4 is 5.73 Å². The average Bonchev–Trinajstić information content (AvgIpc) is 2.36. The molecule has 0 spiro atoms. The Kier molecular flexibility index (Phi) is 1.68. The summed E-state index contributed by atoms with van der Waals surface area (Å²) in [6, 6.07) is -1.02. The quantitative estimate of drug-likeness (QED) is 0.517. The fourth-order valence-electron chi connectivity index (χ4n) is 0.568. The van der Waals surface area contributed by atoms with Crippen molar-refractivity contribution in [3.63, 3.8) is 0 Å². The number of H-pyrrole nitrogens is 1. The molecule has 5 heteroatoms. The monoisotopic (exact) mass is 141 g/mol. The Morgan fingerprint density at radius 3 is 3.00 bits per heavy atom. The zero-order chi connectivity index (χ0) is 7.56. The first-order chi connectivity index (χ1) is 4.72. The van der Waals surface area contributed by atoms with Crippen molar-refractivity contribution in [2.75, 3.05) is 0 Å². The van der Waals surface area contributed by atoms with E-state index < -0.39 is 12.0 Å². The van der Waals surface area contributed by atoms with Gasteiger partial charge in [-0.05, 0) is 0 Å². The maximum Gasteiger partial charge on any atom is 0.326 e. The second-order valence-corrected chi connectivity index (χ2v) is 1.81. The SMILES string of the molecule is N[C@H](C(=O)O)c1c[nH]cn1. The molecule has 0 aliphatic heterocycles. The largest absolute Gasteiger partial charge is 0.480 e. The summed E-state index contributed by atoms with van der Waals surface area (Å²) in [6.45, 7) is 0. The van der Waals surface area contributed by atoms with E-state index in [9.17, 15) is 4.79 Å². The lowest BCUT2D eigenvalue weighted by atomic mass is 10.2. The topological polar surface area (TPSA) is 92.0 Å². The molecule has 0 fully saturated rings. The first-order valence-corrected chi connectivity index (χ1v) is 2.69.